The summed E-state index contributed by atoms with van der Waals surface area (Å²) in [6, 6.07) is 3.96. The summed E-state index contributed by atoms with van der Waals surface area (Å²) in [6.45, 7) is 2.01. The minimum atomic E-state index is 0.618. The molecule has 0 radical (unpaired) electrons. The smallest absolute Gasteiger partial charge is 0.126 e. The largest absolute Gasteiger partial charge is 0.496 e. The summed E-state index contributed by atoms with van der Waals surface area (Å²) in [5, 5.41) is 0. The first kappa shape index (κ1) is 10.3. The predicted molar refractivity (Wildman–Crippen MR) is 57.0 cm³/mol. The molecular formula is C10H14O2S. The van der Waals surface area contributed by atoms with E-state index < -0.39 is 0 Å². The van der Waals surface area contributed by atoms with Crippen LogP contribution in [-0.4, -0.2) is 14.2 Å². The fraction of sp³-hybridized carbons (Fsp3) is 0.400. The van der Waals surface area contributed by atoms with Gasteiger partial charge in [0.05, 0.1) is 14.2 Å². The fourth-order valence-electron chi connectivity index (χ4n) is 1.27. The van der Waals surface area contributed by atoms with Crippen LogP contribution in [0.4, 0.5) is 0 Å². The van der Waals surface area contributed by atoms with E-state index in [1.807, 2.05) is 19.1 Å². The van der Waals surface area contributed by atoms with Gasteiger partial charge in [0.1, 0.15) is 11.5 Å². The van der Waals surface area contributed by atoms with Crippen LogP contribution in [0.15, 0.2) is 12.1 Å². The molecule has 13 heavy (non-hydrogen) atoms. The summed E-state index contributed by atoms with van der Waals surface area (Å²) in [7, 11) is 3.31. The van der Waals surface area contributed by atoms with Gasteiger partial charge in [-0.25, -0.2) is 0 Å². The number of thiol groups is 1. The van der Waals surface area contributed by atoms with Crippen molar-refractivity contribution in [1.82, 2.24) is 0 Å². The molecule has 2 nitrogen and oxygen atoms in total. The SMILES string of the molecule is COc1cc(C)cc(OC)c1CS. The van der Waals surface area contributed by atoms with E-state index in [9.17, 15) is 0 Å². The zero-order chi connectivity index (χ0) is 9.84. The van der Waals surface area contributed by atoms with Crippen molar-refractivity contribution in [3.63, 3.8) is 0 Å². The van der Waals surface area contributed by atoms with Gasteiger partial charge in [-0.05, 0) is 24.6 Å². The van der Waals surface area contributed by atoms with Crippen LogP contribution in [0.2, 0.25) is 0 Å². The van der Waals surface area contributed by atoms with Crippen LogP contribution in [0.25, 0.3) is 0 Å². The Morgan fingerprint density at radius 2 is 1.62 bits per heavy atom. The monoisotopic (exact) mass is 198 g/mol. The van der Waals surface area contributed by atoms with Crippen molar-refractivity contribution in [1.29, 1.82) is 0 Å². The molecule has 0 spiro atoms. The van der Waals surface area contributed by atoms with Crippen LogP contribution in [0, 0.1) is 6.92 Å². The highest BCUT2D eigenvalue weighted by Gasteiger charge is 2.08. The van der Waals surface area contributed by atoms with Crippen molar-refractivity contribution in [2.45, 2.75) is 12.7 Å². The summed E-state index contributed by atoms with van der Waals surface area (Å²) < 4.78 is 10.5. The van der Waals surface area contributed by atoms with Gasteiger partial charge >= 0.3 is 0 Å². The quantitative estimate of drug-likeness (QED) is 0.752. The van der Waals surface area contributed by atoms with Gasteiger partial charge < -0.3 is 9.47 Å². The first-order valence-corrected chi connectivity index (χ1v) is 4.68. The third-order valence-corrected chi connectivity index (χ3v) is 2.23. The molecule has 1 rings (SSSR count). The van der Waals surface area contributed by atoms with Crippen LogP contribution in [0.1, 0.15) is 11.1 Å². The van der Waals surface area contributed by atoms with Crippen molar-refractivity contribution in [3.8, 4) is 11.5 Å². The average molecular weight is 198 g/mol. The van der Waals surface area contributed by atoms with Crippen LogP contribution in [0.3, 0.4) is 0 Å². The highest BCUT2D eigenvalue weighted by Crippen LogP contribution is 2.31. The summed E-state index contributed by atoms with van der Waals surface area (Å²) >= 11 is 4.23. The van der Waals surface area contributed by atoms with Gasteiger partial charge in [0.2, 0.25) is 0 Å². The van der Waals surface area contributed by atoms with Gasteiger partial charge in [-0.15, -0.1) is 0 Å². The number of benzene rings is 1. The minimum Gasteiger partial charge on any atom is -0.496 e. The highest BCUT2D eigenvalue weighted by molar-refractivity contribution is 7.79. The molecule has 3 heteroatoms. The first-order valence-electron chi connectivity index (χ1n) is 4.05. The number of aryl methyl sites for hydroxylation is 1. The van der Waals surface area contributed by atoms with Crippen LogP contribution in [-0.2, 0) is 5.75 Å². The third-order valence-electron chi connectivity index (χ3n) is 1.91. The molecule has 0 aliphatic heterocycles. The molecule has 0 amide bonds. The zero-order valence-corrected chi connectivity index (χ0v) is 9.02. The molecule has 0 aliphatic rings. The Labute approximate surface area is 84.3 Å². The Morgan fingerprint density at radius 1 is 1.15 bits per heavy atom. The maximum absolute atomic E-state index is 5.23. The normalized spacial score (nSPS) is 9.85. The van der Waals surface area contributed by atoms with Crippen molar-refractivity contribution < 1.29 is 9.47 Å². The topological polar surface area (TPSA) is 18.5 Å². The molecule has 0 saturated heterocycles. The maximum atomic E-state index is 5.23. The Balaban J connectivity index is 3.25. The van der Waals surface area contributed by atoms with Gasteiger partial charge in [0, 0.05) is 11.3 Å². The van der Waals surface area contributed by atoms with Crippen molar-refractivity contribution in [2.24, 2.45) is 0 Å². The molecule has 0 aliphatic carbocycles. The van der Waals surface area contributed by atoms with E-state index in [-0.39, 0.29) is 0 Å². The van der Waals surface area contributed by atoms with Gasteiger partial charge in [-0.3, -0.25) is 0 Å². The molecule has 1 aromatic rings. The second-order valence-electron chi connectivity index (χ2n) is 2.81. The summed E-state index contributed by atoms with van der Waals surface area (Å²) in [5.74, 6) is 2.30. The Hall–Kier alpha value is -0.830. The molecule has 72 valence electrons. The standard InChI is InChI=1S/C10H14O2S/c1-7-4-9(11-2)8(6-13)10(5-7)12-3/h4-5,13H,6H2,1-3H3. The second-order valence-corrected chi connectivity index (χ2v) is 3.12. The van der Waals surface area contributed by atoms with E-state index >= 15 is 0 Å². The molecular weight excluding hydrogens is 184 g/mol. The average Bonchev–Trinajstić information content (AvgIpc) is 2.16. The minimum absolute atomic E-state index is 0.618. The lowest BCUT2D eigenvalue weighted by Crippen LogP contribution is -1.95. The van der Waals surface area contributed by atoms with Gasteiger partial charge in [0.15, 0.2) is 0 Å². The van der Waals surface area contributed by atoms with E-state index in [0.29, 0.717) is 5.75 Å². The molecule has 0 fully saturated rings. The number of rotatable bonds is 3. The van der Waals surface area contributed by atoms with Crippen LogP contribution >= 0.6 is 12.6 Å². The molecule has 0 saturated carbocycles. The summed E-state index contributed by atoms with van der Waals surface area (Å²) in [6.07, 6.45) is 0. The number of hydrogen-bond donors (Lipinski definition) is 1. The van der Waals surface area contributed by atoms with E-state index in [2.05, 4.69) is 12.6 Å². The number of methoxy groups -OCH3 is 2. The Kier molecular flexibility index (Phi) is 3.48. The third kappa shape index (κ3) is 2.10. The van der Waals surface area contributed by atoms with E-state index in [0.717, 1.165) is 22.6 Å². The lowest BCUT2D eigenvalue weighted by molar-refractivity contribution is 0.387. The second kappa shape index (κ2) is 4.42. The first-order chi connectivity index (χ1) is 6.22. The van der Waals surface area contributed by atoms with E-state index in [1.165, 1.54) is 0 Å². The van der Waals surface area contributed by atoms with E-state index in [1.54, 1.807) is 14.2 Å². The summed E-state index contributed by atoms with van der Waals surface area (Å²) in [4.78, 5) is 0. The van der Waals surface area contributed by atoms with Crippen molar-refractivity contribution >= 4 is 12.6 Å². The van der Waals surface area contributed by atoms with Crippen molar-refractivity contribution in [3.05, 3.63) is 23.3 Å². The Bertz CT molecular complexity index is 272. The summed E-state index contributed by atoms with van der Waals surface area (Å²) in [5.41, 5.74) is 2.12. The lowest BCUT2D eigenvalue weighted by atomic mass is 10.1. The maximum Gasteiger partial charge on any atom is 0.126 e. The number of hydrogen-bond acceptors (Lipinski definition) is 3. The van der Waals surface area contributed by atoms with Crippen LogP contribution in [0.5, 0.6) is 11.5 Å². The predicted octanol–water partition coefficient (Wildman–Crippen LogP) is 2.44. The van der Waals surface area contributed by atoms with Gasteiger partial charge in [0.25, 0.3) is 0 Å². The van der Waals surface area contributed by atoms with Gasteiger partial charge in [-0.1, -0.05) is 0 Å². The van der Waals surface area contributed by atoms with Crippen molar-refractivity contribution in [2.75, 3.05) is 14.2 Å². The lowest BCUT2D eigenvalue weighted by Gasteiger charge is -2.12. The Morgan fingerprint density at radius 3 is 1.92 bits per heavy atom. The molecule has 0 aromatic heterocycles. The molecule has 0 heterocycles. The highest BCUT2D eigenvalue weighted by atomic mass is 32.1. The molecule has 0 bridgehead atoms. The molecule has 0 atom stereocenters. The van der Waals surface area contributed by atoms with Gasteiger partial charge in [-0.2, -0.15) is 12.6 Å². The molecule has 1 aromatic carbocycles. The van der Waals surface area contributed by atoms with Crippen LogP contribution < -0.4 is 9.47 Å². The molecule has 0 N–H and O–H groups in total. The number of ether oxygens (including phenoxy) is 2. The molecule has 0 unspecified atom stereocenters. The van der Waals surface area contributed by atoms with E-state index in [4.69, 9.17) is 9.47 Å². The fourth-order valence-corrected chi connectivity index (χ4v) is 1.58. The zero-order valence-electron chi connectivity index (χ0n) is 8.13.